The second-order valence-corrected chi connectivity index (χ2v) is 7.76. The molecule has 1 aliphatic heterocycles. The highest BCUT2D eigenvalue weighted by Crippen LogP contribution is 2.20. The normalized spacial score (nSPS) is 18.0. The van der Waals surface area contributed by atoms with Crippen LogP contribution in [0.4, 0.5) is 0 Å². The Bertz CT molecular complexity index is 761. The maximum absolute atomic E-state index is 12.9. The largest absolute Gasteiger partial charge is 0.344 e. The molecule has 170 valence electrons. The number of alkyl halides is 1. The molecule has 0 radical (unpaired) electrons. The SMILES string of the molecule is NNC=NCCC[C@H](NC(=O)[C@@H]1CCCN1C(=O)[C@H](N)Cc1ccccc1)C(=O)CCl. The van der Waals surface area contributed by atoms with Crippen molar-refractivity contribution < 1.29 is 14.4 Å². The molecule has 0 saturated carbocycles. The van der Waals surface area contributed by atoms with Crippen molar-refractivity contribution in [3.8, 4) is 0 Å². The third-order valence-electron chi connectivity index (χ3n) is 5.24. The summed E-state index contributed by atoms with van der Waals surface area (Å²) in [6.07, 6.45) is 3.96. The molecule has 0 unspecified atom stereocenters. The third kappa shape index (κ3) is 7.61. The summed E-state index contributed by atoms with van der Waals surface area (Å²) in [5, 5.41) is 2.77. The zero-order valence-corrected chi connectivity index (χ0v) is 18.3. The monoisotopic (exact) mass is 450 g/mol. The lowest BCUT2D eigenvalue weighted by Crippen LogP contribution is -2.54. The molecule has 2 rings (SSSR count). The van der Waals surface area contributed by atoms with E-state index in [-0.39, 0.29) is 23.5 Å². The summed E-state index contributed by atoms with van der Waals surface area (Å²) in [7, 11) is 0. The number of hydrazine groups is 1. The number of amides is 2. The number of hydrogen-bond acceptors (Lipinski definition) is 6. The number of nitrogens with one attached hydrogen (secondary N) is 2. The van der Waals surface area contributed by atoms with Crippen LogP contribution < -0.4 is 22.3 Å². The summed E-state index contributed by atoms with van der Waals surface area (Å²) in [6, 6.07) is 7.42. The van der Waals surface area contributed by atoms with Crippen LogP contribution in [0.3, 0.4) is 0 Å². The molecular weight excluding hydrogens is 420 g/mol. The van der Waals surface area contributed by atoms with Crippen molar-refractivity contribution in [2.75, 3.05) is 19.0 Å². The minimum Gasteiger partial charge on any atom is -0.344 e. The van der Waals surface area contributed by atoms with Gasteiger partial charge in [-0.2, -0.15) is 0 Å². The number of likely N-dealkylation sites (tertiary alicyclic amines) is 1. The van der Waals surface area contributed by atoms with E-state index in [4.69, 9.17) is 23.2 Å². The van der Waals surface area contributed by atoms with Crippen LogP contribution >= 0.6 is 11.6 Å². The molecule has 1 heterocycles. The molecule has 1 saturated heterocycles. The molecule has 1 aromatic rings. The van der Waals surface area contributed by atoms with Crippen molar-refractivity contribution in [2.45, 2.75) is 50.2 Å². The fourth-order valence-electron chi connectivity index (χ4n) is 3.65. The van der Waals surface area contributed by atoms with E-state index in [1.54, 1.807) is 0 Å². The number of nitrogens with zero attached hydrogens (tertiary/aromatic N) is 2. The molecular formula is C21H31ClN6O3. The zero-order valence-electron chi connectivity index (χ0n) is 17.5. The molecule has 0 aliphatic carbocycles. The molecule has 10 heteroatoms. The quantitative estimate of drug-likeness (QED) is 0.0888. The van der Waals surface area contributed by atoms with E-state index in [0.717, 1.165) is 5.56 Å². The molecule has 1 fully saturated rings. The summed E-state index contributed by atoms with van der Waals surface area (Å²) in [4.78, 5) is 43.6. The Morgan fingerprint density at radius 1 is 1.29 bits per heavy atom. The Kier molecular flexibility index (Phi) is 10.4. The number of halogens is 1. The lowest BCUT2D eigenvalue weighted by molar-refractivity contribution is -0.140. The molecule has 2 amide bonds. The van der Waals surface area contributed by atoms with Gasteiger partial charge in [-0.25, -0.2) is 5.84 Å². The number of aliphatic imine (C=N–C) groups is 1. The first-order valence-electron chi connectivity index (χ1n) is 10.4. The van der Waals surface area contributed by atoms with Crippen LogP contribution in [0.25, 0.3) is 0 Å². The van der Waals surface area contributed by atoms with Gasteiger partial charge in [-0.15, -0.1) is 11.6 Å². The van der Waals surface area contributed by atoms with Gasteiger partial charge in [-0.1, -0.05) is 30.3 Å². The van der Waals surface area contributed by atoms with Gasteiger partial charge in [0.2, 0.25) is 11.8 Å². The van der Waals surface area contributed by atoms with Gasteiger partial charge in [0.05, 0.1) is 24.3 Å². The Labute approximate surface area is 187 Å². The van der Waals surface area contributed by atoms with E-state index in [2.05, 4.69) is 15.7 Å². The predicted octanol–water partition coefficient (Wildman–Crippen LogP) is 0.112. The minimum absolute atomic E-state index is 0.201. The number of carbonyl (C=O) groups excluding carboxylic acids is 3. The van der Waals surface area contributed by atoms with E-state index in [1.165, 1.54) is 11.2 Å². The zero-order chi connectivity index (χ0) is 22.6. The van der Waals surface area contributed by atoms with Crippen LogP contribution in [-0.4, -0.2) is 65.9 Å². The van der Waals surface area contributed by atoms with E-state index >= 15 is 0 Å². The van der Waals surface area contributed by atoms with Crippen LogP contribution in [0.2, 0.25) is 0 Å². The summed E-state index contributed by atoms with van der Waals surface area (Å²) >= 11 is 5.71. The van der Waals surface area contributed by atoms with Gasteiger partial charge in [-0.3, -0.25) is 19.4 Å². The van der Waals surface area contributed by atoms with Crippen molar-refractivity contribution in [1.29, 1.82) is 0 Å². The highest BCUT2D eigenvalue weighted by Gasteiger charge is 2.37. The van der Waals surface area contributed by atoms with E-state index in [1.807, 2.05) is 30.3 Å². The number of rotatable bonds is 12. The van der Waals surface area contributed by atoms with Crippen molar-refractivity contribution in [3.05, 3.63) is 35.9 Å². The van der Waals surface area contributed by atoms with E-state index in [0.29, 0.717) is 45.2 Å². The molecule has 6 N–H and O–H groups in total. The van der Waals surface area contributed by atoms with Crippen LogP contribution in [0.15, 0.2) is 35.3 Å². The topological polar surface area (TPSA) is 143 Å². The van der Waals surface area contributed by atoms with Crippen LogP contribution in [0.5, 0.6) is 0 Å². The van der Waals surface area contributed by atoms with Crippen molar-refractivity contribution in [2.24, 2.45) is 16.6 Å². The molecule has 0 aromatic heterocycles. The number of nitrogens with two attached hydrogens (primary N) is 2. The van der Waals surface area contributed by atoms with Crippen molar-refractivity contribution in [3.63, 3.8) is 0 Å². The minimum atomic E-state index is -0.731. The van der Waals surface area contributed by atoms with Gasteiger partial charge >= 0.3 is 0 Å². The number of carbonyl (C=O) groups is 3. The smallest absolute Gasteiger partial charge is 0.243 e. The summed E-state index contributed by atoms with van der Waals surface area (Å²) in [5.41, 5.74) is 9.41. The van der Waals surface area contributed by atoms with Crippen LogP contribution in [0, 0.1) is 0 Å². The average molecular weight is 451 g/mol. The molecule has 3 atom stereocenters. The Balaban J connectivity index is 1.96. The van der Waals surface area contributed by atoms with Gasteiger partial charge in [0, 0.05) is 13.1 Å². The summed E-state index contributed by atoms with van der Waals surface area (Å²) in [6.45, 7) is 0.919. The van der Waals surface area contributed by atoms with Gasteiger partial charge < -0.3 is 21.4 Å². The molecule has 0 bridgehead atoms. The maximum atomic E-state index is 12.9. The van der Waals surface area contributed by atoms with Gasteiger partial charge in [0.1, 0.15) is 6.04 Å². The molecule has 1 aliphatic rings. The highest BCUT2D eigenvalue weighted by atomic mass is 35.5. The second-order valence-electron chi connectivity index (χ2n) is 7.49. The first-order valence-corrected chi connectivity index (χ1v) is 10.9. The van der Waals surface area contributed by atoms with Crippen molar-refractivity contribution >= 4 is 35.5 Å². The lowest BCUT2D eigenvalue weighted by Gasteiger charge is -2.28. The number of ketones is 1. The lowest BCUT2D eigenvalue weighted by atomic mass is 10.0. The fraction of sp³-hybridized carbons (Fsp3) is 0.524. The molecule has 0 spiro atoms. The van der Waals surface area contributed by atoms with Gasteiger partial charge in [0.25, 0.3) is 0 Å². The average Bonchev–Trinajstić information content (AvgIpc) is 3.27. The van der Waals surface area contributed by atoms with Crippen LogP contribution in [-0.2, 0) is 20.8 Å². The summed E-state index contributed by atoms with van der Waals surface area (Å²) < 4.78 is 0. The third-order valence-corrected chi connectivity index (χ3v) is 5.50. The standard InChI is InChI=1S/C21H31ClN6O3/c22-13-19(29)17(8-4-10-25-14-26-24)27-20(30)18-9-5-11-28(18)21(31)16(23)12-15-6-2-1-3-7-15/h1-3,6-7,14,16-18H,4-5,8-13,23-24H2,(H,25,26)(H,27,30)/t16-,17+,18+/m1/s1. The number of benzene rings is 1. The van der Waals surface area contributed by atoms with Gasteiger partial charge in [-0.05, 0) is 37.7 Å². The first-order chi connectivity index (χ1) is 15.0. The van der Waals surface area contributed by atoms with E-state index in [9.17, 15) is 14.4 Å². The number of Topliss-reactive ketones (excluding diaryl/α,β-unsaturated/α-hetero) is 1. The predicted molar refractivity (Wildman–Crippen MR) is 120 cm³/mol. The van der Waals surface area contributed by atoms with Gasteiger partial charge in [0.15, 0.2) is 5.78 Å². The summed E-state index contributed by atoms with van der Waals surface area (Å²) in [5.74, 6) is 4.03. The molecule has 9 nitrogen and oxygen atoms in total. The number of hydrogen-bond donors (Lipinski definition) is 4. The molecule has 31 heavy (non-hydrogen) atoms. The second kappa shape index (κ2) is 13.0. The van der Waals surface area contributed by atoms with Crippen molar-refractivity contribution in [1.82, 2.24) is 15.6 Å². The Morgan fingerprint density at radius 2 is 2.03 bits per heavy atom. The maximum Gasteiger partial charge on any atom is 0.243 e. The van der Waals surface area contributed by atoms with E-state index < -0.39 is 18.1 Å². The highest BCUT2D eigenvalue weighted by molar-refractivity contribution is 6.28. The van der Waals surface area contributed by atoms with Crippen LogP contribution in [0.1, 0.15) is 31.2 Å². The first kappa shape index (κ1) is 24.8. The molecule has 1 aromatic carbocycles. The Hall–Kier alpha value is -2.49. The Morgan fingerprint density at radius 3 is 2.71 bits per heavy atom. The fourth-order valence-corrected chi connectivity index (χ4v) is 3.84.